The van der Waals surface area contributed by atoms with Crippen molar-refractivity contribution in [3.63, 3.8) is 0 Å². The largest absolute Gasteiger partial charge is 0.455 e. The maximum absolute atomic E-state index is 8.68. The first-order chi connectivity index (χ1) is 75.0. The summed E-state index contributed by atoms with van der Waals surface area (Å²) in [5.74, 6) is 4.14. The maximum Gasteiger partial charge on any atom is 0.167 e. The Labute approximate surface area is 849 Å². The van der Waals surface area contributed by atoms with Gasteiger partial charge in [-0.3, -0.25) is 0 Å². The van der Waals surface area contributed by atoms with Crippen LogP contribution in [0.15, 0.2) is 505 Å². The number of hydrogen-bond donors (Lipinski definition) is 0. The zero-order chi connectivity index (χ0) is 101. The van der Waals surface area contributed by atoms with E-state index in [-0.39, 0.29) is 29.3 Å². The predicted octanol–water partition coefficient (Wildman–Crippen LogP) is 35.7. The van der Waals surface area contributed by atoms with Crippen molar-refractivity contribution < 1.29 is 20.1 Å². The Morgan fingerprint density at radius 3 is 0.646 bits per heavy atom. The van der Waals surface area contributed by atoms with Crippen LogP contribution in [0.1, 0.15) is 6.85 Å². The zero-order valence-electron chi connectivity index (χ0n) is 83.6. The van der Waals surface area contributed by atoms with Gasteiger partial charge >= 0.3 is 0 Å². The van der Waals surface area contributed by atoms with E-state index in [2.05, 4.69) is 266 Å². The fourth-order valence-electron chi connectivity index (χ4n) is 21.5. The van der Waals surface area contributed by atoms with Gasteiger partial charge in [0, 0.05) is 71.3 Å². The Morgan fingerprint density at radius 1 is 0.136 bits per heavy atom. The first-order valence-electron chi connectivity index (χ1n) is 51.4. The number of benzene rings is 24. The summed E-state index contributed by atoms with van der Waals surface area (Å²) in [7, 11) is 0. The van der Waals surface area contributed by atoms with E-state index in [9.17, 15) is 0 Å². The number of furan rings is 3. The van der Waals surface area contributed by atoms with Gasteiger partial charge in [-0.1, -0.05) is 443 Å². The van der Waals surface area contributed by atoms with Crippen LogP contribution in [0.4, 0.5) is 0 Å². The van der Waals surface area contributed by atoms with Crippen molar-refractivity contribution >= 4 is 163 Å². The second-order valence-electron chi connectivity index (χ2n) is 36.7. The van der Waals surface area contributed by atoms with Crippen molar-refractivity contribution in [2.45, 2.75) is 0 Å². The van der Waals surface area contributed by atoms with Gasteiger partial charge in [0.05, 0.1) is 23.5 Å². The molecule has 0 bridgehead atoms. The van der Waals surface area contributed by atoms with Crippen LogP contribution in [-0.2, 0) is 0 Å². The molecule has 24 aromatic carbocycles. The van der Waals surface area contributed by atoms with Gasteiger partial charge in [-0.2, -0.15) is 0 Å². The van der Waals surface area contributed by atoms with Crippen molar-refractivity contribution in [1.82, 2.24) is 44.9 Å². The van der Waals surface area contributed by atoms with Crippen LogP contribution in [0.5, 0.6) is 0 Å². The van der Waals surface area contributed by atoms with Crippen LogP contribution in [0.2, 0.25) is 0 Å². The molecule has 0 atom stereocenters. The summed E-state index contributed by atoms with van der Waals surface area (Å²) in [6.45, 7) is 0. The molecule has 0 fully saturated rings. The summed E-state index contributed by atoms with van der Waals surface area (Å²) in [5, 5.41) is 28.3. The summed E-state index contributed by atoms with van der Waals surface area (Å²) in [5.41, 5.74) is 17.5. The van der Waals surface area contributed by atoms with Crippen LogP contribution in [0.3, 0.4) is 0 Å². The average molecular weight is 1880 g/mol. The molecule has 30 rings (SSSR count). The highest BCUT2D eigenvalue weighted by molar-refractivity contribution is 6.30. The molecular weight excluding hydrogens is 1800 g/mol. The third kappa shape index (κ3) is 14.9. The summed E-state index contributed by atoms with van der Waals surface area (Å²) in [6.07, 6.45) is 0. The van der Waals surface area contributed by atoms with Crippen molar-refractivity contribution in [2.75, 3.05) is 0 Å². The Hall–Kier alpha value is -20.0. The molecule has 0 saturated heterocycles. The fourth-order valence-corrected chi connectivity index (χ4v) is 21.5. The van der Waals surface area contributed by atoms with Crippen LogP contribution < -0.4 is 0 Å². The first kappa shape index (κ1) is 79.8. The van der Waals surface area contributed by atoms with Crippen LogP contribution in [0.25, 0.3) is 299 Å². The predicted molar refractivity (Wildman–Crippen MR) is 604 cm³/mol. The highest BCUT2D eigenvalue weighted by Gasteiger charge is 2.27. The molecule has 0 aliphatic heterocycles. The molecule has 0 aliphatic rings. The molecule has 12 nitrogen and oxygen atoms in total. The lowest BCUT2D eigenvalue weighted by Crippen LogP contribution is -2.00. The van der Waals surface area contributed by atoms with E-state index in [4.69, 9.17) is 60.0 Å². The van der Waals surface area contributed by atoms with E-state index in [0.29, 0.717) is 63.1 Å². The minimum Gasteiger partial charge on any atom is -0.455 e. The van der Waals surface area contributed by atoms with E-state index in [0.717, 1.165) is 121 Å². The van der Waals surface area contributed by atoms with E-state index in [1.165, 1.54) is 97.0 Å². The van der Waals surface area contributed by atoms with Gasteiger partial charge in [0.15, 0.2) is 52.4 Å². The topological polar surface area (TPSA) is 155 Å². The van der Waals surface area contributed by atoms with Crippen molar-refractivity contribution in [1.29, 1.82) is 0 Å². The molecule has 12 heteroatoms. The van der Waals surface area contributed by atoms with E-state index >= 15 is 0 Å². The number of hydrogen-bond acceptors (Lipinski definition) is 12. The van der Waals surface area contributed by atoms with E-state index in [1.54, 1.807) is 0 Å². The van der Waals surface area contributed by atoms with Crippen molar-refractivity contribution in [3.05, 3.63) is 491 Å². The lowest BCUT2D eigenvalue weighted by atomic mass is 9.91. The van der Waals surface area contributed by atoms with Gasteiger partial charge < -0.3 is 13.3 Å². The fraction of sp³-hybridized carbons (Fsp3) is 0. The Balaban J connectivity index is 0.000000109. The molecule has 0 aliphatic carbocycles. The Morgan fingerprint density at radius 2 is 0.347 bits per heavy atom. The van der Waals surface area contributed by atoms with Gasteiger partial charge in [-0.25, -0.2) is 44.9 Å². The third-order valence-electron chi connectivity index (χ3n) is 28.2. The highest BCUT2D eigenvalue weighted by atomic mass is 16.3. The number of para-hydroxylation sites is 4. The molecule has 147 heavy (non-hydrogen) atoms. The van der Waals surface area contributed by atoms with Crippen LogP contribution in [0, 0.1) is 0 Å². The Bertz CT molecular complexity index is 10500. The minimum absolute atomic E-state index is 0.0272. The maximum atomic E-state index is 8.68. The SMILES string of the molecule is [2H]c1c([2H])c([2H])c(-c2nc(-c3ccccc3)nc(-c3cccc4c3oc3cccc(-c5ccc6c7ccccc7c7ccccc7c6c5)c34)n2)c([2H])c1[2H].c1ccc(-c2nc(-c3ccccc3)nc(-c3cccc4c3oc3c(-c5ccc6c7ccccc7c7ccccc7c6c5)cccc34)n2)cc1.c1ccc(-c2nc(-c3ccccc3)nc(-c3cccc4c3oc3cccc(-c5ccc6c7ccccc7c7ccccc7c6c5)c34)n2)cc1. The van der Waals surface area contributed by atoms with Crippen LogP contribution in [-0.4, -0.2) is 44.9 Å². The van der Waals surface area contributed by atoms with Gasteiger partial charge in [-0.15, -0.1) is 0 Å². The van der Waals surface area contributed by atoms with Crippen molar-refractivity contribution in [3.8, 4) is 136 Å². The van der Waals surface area contributed by atoms with Gasteiger partial charge in [0.1, 0.15) is 33.5 Å². The molecule has 0 unspecified atom stereocenters. The monoisotopic (exact) mass is 1880 g/mol. The Kier molecular flexibility index (Phi) is 19.4. The number of fused-ring (bicyclic) bond motifs is 27. The van der Waals surface area contributed by atoms with E-state index in [1.807, 2.05) is 200 Å². The number of nitrogens with zero attached hydrogens (tertiary/aromatic N) is 9. The van der Waals surface area contributed by atoms with Gasteiger partial charge in [0.25, 0.3) is 0 Å². The molecule has 684 valence electrons. The second-order valence-corrected chi connectivity index (χ2v) is 36.7. The molecule has 0 amide bonds. The van der Waals surface area contributed by atoms with Crippen LogP contribution >= 0.6 is 0 Å². The summed E-state index contributed by atoms with van der Waals surface area (Å²) in [4.78, 5) is 44.1. The highest BCUT2D eigenvalue weighted by Crippen LogP contribution is 2.49. The number of aromatic nitrogens is 9. The standard InChI is InChI=1S/3C45H27N3O/c2*1-3-13-28(14-4-1)43-46-44(29-15-5-2-6-16-29)48-45(47-43)38-23-11-22-37-41-31(21-12-24-40(41)49-42(37)38)30-25-26-36-34-19-8-7-17-32(34)33-18-9-10-20-35(33)39(36)27-30;1-3-13-28(14-4-1)43-46-44(29-15-5-2-6-16-29)48-45(47-43)39-24-12-23-38-37-22-11-21-31(41(37)49-42(38)39)30-25-26-36-34-19-8-7-17-32(34)33-18-9-10-20-35(33)40(36)27-30/h3*1-27H/i1D,3D,4D,13D,14D;;. The summed E-state index contributed by atoms with van der Waals surface area (Å²) < 4.78 is 62.3. The van der Waals surface area contributed by atoms with Gasteiger partial charge in [-0.05, 0) is 173 Å². The second kappa shape index (κ2) is 35.7. The molecular formula is C135H81N9O3. The van der Waals surface area contributed by atoms with E-state index < -0.39 is 18.1 Å². The molecule has 6 aromatic heterocycles. The molecule has 0 radical (unpaired) electrons. The zero-order valence-corrected chi connectivity index (χ0v) is 78.6. The molecule has 0 saturated carbocycles. The minimum atomic E-state index is -0.484. The lowest BCUT2D eigenvalue weighted by Gasteiger charge is -2.12. The third-order valence-corrected chi connectivity index (χ3v) is 28.2. The lowest BCUT2D eigenvalue weighted by molar-refractivity contribution is 0.669. The molecule has 6 heterocycles. The molecule has 0 N–H and O–H groups in total. The van der Waals surface area contributed by atoms with Gasteiger partial charge in [0.2, 0.25) is 0 Å². The normalized spacial score (nSPS) is 12.1. The molecule has 30 aromatic rings. The molecule has 0 spiro atoms. The number of rotatable bonds is 12. The first-order valence-corrected chi connectivity index (χ1v) is 48.9. The average Bonchev–Trinajstić information content (AvgIpc) is 1.71. The van der Waals surface area contributed by atoms with Crippen molar-refractivity contribution in [2.24, 2.45) is 0 Å². The summed E-state index contributed by atoms with van der Waals surface area (Å²) >= 11 is 0. The quantitative estimate of drug-likeness (QED) is 0.107. The smallest absolute Gasteiger partial charge is 0.167 e. The summed E-state index contributed by atoms with van der Waals surface area (Å²) in [6, 6.07) is 157.